The van der Waals surface area contributed by atoms with Gasteiger partial charge < -0.3 is 21.3 Å². The van der Waals surface area contributed by atoms with Crippen LogP contribution in [0.15, 0.2) is 48.5 Å². The number of carbonyl (C=O) groups excluding carboxylic acids is 3. The van der Waals surface area contributed by atoms with E-state index in [0.29, 0.717) is 16.9 Å². The van der Waals surface area contributed by atoms with Gasteiger partial charge >= 0.3 is 0 Å². The number of nitrogens with one attached hydrogen (secondary N) is 2. The third kappa shape index (κ3) is 5.57. The molecule has 152 valence electrons. The summed E-state index contributed by atoms with van der Waals surface area (Å²) in [5, 5.41) is 5.71. The normalized spacial score (nSPS) is 14.0. The predicted molar refractivity (Wildman–Crippen MR) is 113 cm³/mol. The SMILES string of the molecule is NC(=O)c1ccccc1NC(=O)CNc1cccc(C(=O)N2CCCCCC2)c1. The summed E-state index contributed by atoms with van der Waals surface area (Å²) in [4.78, 5) is 38.4. The van der Waals surface area contributed by atoms with E-state index in [2.05, 4.69) is 10.6 Å². The second kappa shape index (κ2) is 9.73. The van der Waals surface area contributed by atoms with Gasteiger partial charge in [-0.1, -0.05) is 31.0 Å². The topological polar surface area (TPSA) is 105 Å². The smallest absolute Gasteiger partial charge is 0.253 e. The predicted octanol–water partition coefficient (Wildman–Crippen LogP) is 2.85. The van der Waals surface area contributed by atoms with E-state index >= 15 is 0 Å². The molecule has 0 atom stereocenters. The molecule has 1 aliphatic heterocycles. The largest absolute Gasteiger partial charge is 0.376 e. The summed E-state index contributed by atoms with van der Waals surface area (Å²) in [6.45, 7) is 1.57. The molecule has 1 aliphatic rings. The summed E-state index contributed by atoms with van der Waals surface area (Å²) >= 11 is 0. The minimum absolute atomic E-state index is 0.00550. The number of anilines is 2. The maximum absolute atomic E-state index is 12.8. The van der Waals surface area contributed by atoms with Gasteiger partial charge in [0, 0.05) is 24.3 Å². The molecule has 1 heterocycles. The molecule has 3 amide bonds. The standard InChI is InChI=1S/C22H26N4O3/c23-21(28)18-10-3-4-11-19(18)25-20(27)15-24-17-9-7-8-16(14-17)22(29)26-12-5-1-2-6-13-26/h3-4,7-11,14,24H,1-2,5-6,12-13,15H2,(H2,23,28)(H,25,27). The molecule has 0 unspecified atom stereocenters. The van der Waals surface area contributed by atoms with Gasteiger partial charge in [-0.2, -0.15) is 0 Å². The fraction of sp³-hybridized carbons (Fsp3) is 0.318. The number of primary amides is 1. The van der Waals surface area contributed by atoms with Gasteiger partial charge in [0.15, 0.2) is 0 Å². The zero-order valence-corrected chi connectivity index (χ0v) is 16.3. The highest BCUT2D eigenvalue weighted by atomic mass is 16.2. The fourth-order valence-electron chi connectivity index (χ4n) is 3.40. The van der Waals surface area contributed by atoms with Gasteiger partial charge in [0.2, 0.25) is 5.91 Å². The van der Waals surface area contributed by atoms with Crippen molar-refractivity contribution in [1.29, 1.82) is 0 Å². The van der Waals surface area contributed by atoms with Crippen LogP contribution in [0.4, 0.5) is 11.4 Å². The number of amides is 3. The van der Waals surface area contributed by atoms with Crippen molar-refractivity contribution < 1.29 is 14.4 Å². The summed E-state index contributed by atoms with van der Waals surface area (Å²) < 4.78 is 0. The van der Waals surface area contributed by atoms with Gasteiger partial charge in [0.25, 0.3) is 11.8 Å². The number of para-hydroxylation sites is 1. The van der Waals surface area contributed by atoms with Crippen LogP contribution in [0.3, 0.4) is 0 Å². The van der Waals surface area contributed by atoms with Gasteiger partial charge in [-0.15, -0.1) is 0 Å². The minimum Gasteiger partial charge on any atom is -0.376 e. The van der Waals surface area contributed by atoms with E-state index in [0.717, 1.165) is 25.9 Å². The molecular formula is C22H26N4O3. The first-order valence-corrected chi connectivity index (χ1v) is 9.86. The quantitative estimate of drug-likeness (QED) is 0.701. The highest BCUT2D eigenvalue weighted by molar-refractivity contribution is 6.03. The Bertz CT molecular complexity index is 889. The molecule has 0 radical (unpaired) electrons. The molecule has 0 saturated carbocycles. The van der Waals surface area contributed by atoms with Crippen molar-refractivity contribution >= 4 is 29.1 Å². The van der Waals surface area contributed by atoms with E-state index in [1.165, 1.54) is 12.8 Å². The van der Waals surface area contributed by atoms with Gasteiger partial charge in [0.1, 0.15) is 0 Å². The number of carbonyl (C=O) groups is 3. The van der Waals surface area contributed by atoms with E-state index < -0.39 is 5.91 Å². The van der Waals surface area contributed by atoms with Gasteiger partial charge in [-0.3, -0.25) is 14.4 Å². The molecule has 0 aromatic heterocycles. The maximum Gasteiger partial charge on any atom is 0.253 e. The van der Waals surface area contributed by atoms with Crippen molar-refractivity contribution in [1.82, 2.24) is 4.90 Å². The number of nitrogens with two attached hydrogens (primary N) is 1. The number of likely N-dealkylation sites (tertiary alicyclic amines) is 1. The summed E-state index contributed by atoms with van der Waals surface area (Å²) in [7, 11) is 0. The number of nitrogens with zero attached hydrogens (tertiary/aromatic N) is 1. The van der Waals surface area contributed by atoms with Crippen LogP contribution in [0.2, 0.25) is 0 Å². The van der Waals surface area contributed by atoms with Crippen molar-refractivity contribution in [2.24, 2.45) is 5.73 Å². The van der Waals surface area contributed by atoms with Crippen molar-refractivity contribution in [2.45, 2.75) is 25.7 Å². The Kier molecular flexibility index (Phi) is 6.84. The zero-order chi connectivity index (χ0) is 20.6. The Morgan fingerprint density at radius 3 is 2.38 bits per heavy atom. The molecule has 3 rings (SSSR count). The Balaban J connectivity index is 1.60. The summed E-state index contributed by atoms with van der Waals surface area (Å²) in [6.07, 6.45) is 4.41. The molecule has 2 aromatic carbocycles. The molecular weight excluding hydrogens is 368 g/mol. The lowest BCUT2D eigenvalue weighted by Crippen LogP contribution is -2.31. The molecule has 0 spiro atoms. The molecule has 1 fully saturated rings. The summed E-state index contributed by atoms with van der Waals surface area (Å²) in [5.41, 5.74) is 7.25. The van der Waals surface area contributed by atoms with Gasteiger partial charge in [0.05, 0.1) is 17.8 Å². The van der Waals surface area contributed by atoms with Crippen molar-refractivity contribution in [2.75, 3.05) is 30.3 Å². The van der Waals surface area contributed by atoms with Crippen LogP contribution in [-0.4, -0.2) is 42.3 Å². The van der Waals surface area contributed by atoms with Crippen LogP contribution < -0.4 is 16.4 Å². The third-order valence-electron chi connectivity index (χ3n) is 4.92. The first kappa shape index (κ1) is 20.4. The Labute approximate surface area is 170 Å². The molecule has 2 aromatic rings. The van der Waals surface area contributed by atoms with Crippen LogP contribution in [0.1, 0.15) is 46.4 Å². The maximum atomic E-state index is 12.8. The van der Waals surface area contributed by atoms with Crippen LogP contribution >= 0.6 is 0 Å². The first-order valence-electron chi connectivity index (χ1n) is 9.86. The van der Waals surface area contributed by atoms with E-state index in [-0.39, 0.29) is 23.9 Å². The van der Waals surface area contributed by atoms with E-state index in [1.807, 2.05) is 11.0 Å². The Morgan fingerprint density at radius 2 is 1.66 bits per heavy atom. The van der Waals surface area contributed by atoms with Crippen molar-refractivity contribution in [3.63, 3.8) is 0 Å². The molecule has 7 heteroatoms. The van der Waals surface area contributed by atoms with E-state index in [4.69, 9.17) is 5.73 Å². The lowest BCUT2D eigenvalue weighted by molar-refractivity contribution is -0.114. The fourth-order valence-corrected chi connectivity index (χ4v) is 3.40. The third-order valence-corrected chi connectivity index (χ3v) is 4.92. The van der Waals surface area contributed by atoms with Crippen molar-refractivity contribution in [3.05, 3.63) is 59.7 Å². The number of rotatable bonds is 6. The lowest BCUT2D eigenvalue weighted by atomic mass is 10.1. The summed E-state index contributed by atoms with van der Waals surface area (Å²) in [5.74, 6) is -0.896. The number of benzene rings is 2. The molecule has 1 saturated heterocycles. The Hall–Kier alpha value is -3.35. The number of hydrogen-bond donors (Lipinski definition) is 3. The minimum atomic E-state index is -0.603. The number of hydrogen-bond acceptors (Lipinski definition) is 4. The van der Waals surface area contributed by atoms with E-state index in [1.54, 1.807) is 42.5 Å². The highest BCUT2D eigenvalue weighted by Gasteiger charge is 2.17. The summed E-state index contributed by atoms with van der Waals surface area (Å²) in [6, 6.07) is 13.7. The molecule has 29 heavy (non-hydrogen) atoms. The van der Waals surface area contributed by atoms with Crippen molar-refractivity contribution in [3.8, 4) is 0 Å². The van der Waals surface area contributed by atoms with Crippen LogP contribution in [0.5, 0.6) is 0 Å². The van der Waals surface area contributed by atoms with Gasteiger partial charge in [-0.25, -0.2) is 0 Å². The molecule has 7 nitrogen and oxygen atoms in total. The monoisotopic (exact) mass is 394 g/mol. The van der Waals surface area contributed by atoms with Gasteiger partial charge in [-0.05, 0) is 43.2 Å². The van der Waals surface area contributed by atoms with Crippen LogP contribution in [0.25, 0.3) is 0 Å². The molecule has 0 bridgehead atoms. The lowest BCUT2D eigenvalue weighted by Gasteiger charge is -2.20. The molecule has 0 aliphatic carbocycles. The van der Waals surface area contributed by atoms with Crippen LogP contribution in [-0.2, 0) is 4.79 Å². The second-order valence-corrected chi connectivity index (χ2v) is 7.10. The molecule has 4 N–H and O–H groups in total. The second-order valence-electron chi connectivity index (χ2n) is 7.10. The average molecular weight is 394 g/mol. The first-order chi connectivity index (χ1) is 14.0. The Morgan fingerprint density at radius 1 is 0.931 bits per heavy atom. The van der Waals surface area contributed by atoms with E-state index in [9.17, 15) is 14.4 Å². The average Bonchev–Trinajstić information content (AvgIpc) is 3.02. The zero-order valence-electron chi connectivity index (χ0n) is 16.3. The van der Waals surface area contributed by atoms with Crippen LogP contribution in [0, 0.1) is 0 Å². The highest BCUT2D eigenvalue weighted by Crippen LogP contribution is 2.17.